The van der Waals surface area contributed by atoms with Gasteiger partial charge in [-0.05, 0) is 31.0 Å². The number of aromatic nitrogens is 2. The van der Waals surface area contributed by atoms with Crippen LogP contribution in [0.3, 0.4) is 0 Å². The summed E-state index contributed by atoms with van der Waals surface area (Å²) >= 11 is 1.11. The van der Waals surface area contributed by atoms with E-state index in [1.807, 2.05) is 0 Å². The van der Waals surface area contributed by atoms with E-state index in [4.69, 9.17) is 4.74 Å². The molecule has 9 heteroatoms. The van der Waals surface area contributed by atoms with Crippen molar-refractivity contribution < 1.29 is 13.2 Å². The molecule has 3 heterocycles. The average molecular weight is 341 g/mol. The second kappa shape index (κ2) is 6.29. The van der Waals surface area contributed by atoms with Crippen LogP contribution in [0.4, 0.5) is 0 Å². The number of thiophene rings is 1. The molecule has 1 fully saturated rings. The number of hydrogen-bond donors (Lipinski definition) is 2. The Balaban J connectivity index is 1.74. The second-order valence-electron chi connectivity index (χ2n) is 4.91. The van der Waals surface area contributed by atoms with Crippen LogP contribution in [0.1, 0.15) is 12.8 Å². The molecule has 0 radical (unpaired) electrons. The predicted molar refractivity (Wildman–Crippen MR) is 82.3 cm³/mol. The van der Waals surface area contributed by atoms with Gasteiger partial charge in [-0.3, -0.25) is 4.79 Å². The van der Waals surface area contributed by atoms with Crippen molar-refractivity contribution in [1.29, 1.82) is 0 Å². The predicted octanol–water partition coefficient (Wildman–Crippen LogP) is 0.956. The number of nitrogens with one attached hydrogen (secondary N) is 2. The topological polar surface area (TPSA) is 101 Å². The highest BCUT2D eigenvalue weighted by molar-refractivity contribution is 7.91. The molecule has 0 bridgehead atoms. The van der Waals surface area contributed by atoms with E-state index in [1.54, 1.807) is 12.1 Å². The third kappa shape index (κ3) is 3.43. The highest BCUT2D eigenvalue weighted by atomic mass is 32.2. The Morgan fingerprint density at radius 1 is 1.36 bits per heavy atom. The Morgan fingerprint density at radius 2 is 2.23 bits per heavy atom. The van der Waals surface area contributed by atoms with Gasteiger partial charge in [0, 0.05) is 19.2 Å². The normalized spacial score (nSPS) is 18.6. The van der Waals surface area contributed by atoms with Gasteiger partial charge < -0.3 is 4.74 Å². The molecule has 0 aromatic carbocycles. The van der Waals surface area contributed by atoms with E-state index in [1.165, 1.54) is 12.1 Å². The summed E-state index contributed by atoms with van der Waals surface area (Å²) in [6.07, 6.45) is 1.79. The zero-order chi connectivity index (χ0) is 15.6. The van der Waals surface area contributed by atoms with Gasteiger partial charge in [0.25, 0.3) is 5.56 Å². The molecule has 2 aromatic heterocycles. The van der Waals surface area contributed by atoms with Gasteiger partial charge in [0.15, 0.2) is 0 Å². The summed E-state index contributed by atoms with van der Waals surface area (Å²) in [4.78, 5) is 11.7. The standard InChI is InChI=1S/C13H15N3O4S2/c17-12-5-3-10(15-16-12)11-4-6-13(21-11)22(18,19)14-8-9-2-1-7-20-9/h3-6,9,14H,1-2,7-8H2,(H,16,17)/t9-/m0/s1. The summed E-state index contributed by atoms with van der Waals surface area (Å²) in [5, 5.41) is 6.22. The highest BCUT2D eigenvalue weighted by Gasteiger charge is 2.21. The summed E-state index contributed by atoms with van der Waals surface area (Å²) in [5.74, 6) is 0. The molecule has 0 unspecified atom stereocenters. The lowest BCUT2D eigenvalue weighted by Crippen LogP contribution is -2.31. The van der Waals surface area contributed by atoms with Gasteiger partial charge >= 0.3 is 0 Å². The molecule has 22 heavy (non-hydrogen) atoms. The van der Waals surface area contributed by atoms with Crippen molar-refractivity contribution in [2.24, 2.45) is 0 Å². The largest absolute Gasteiger partial charge is 0.377 e. The fourth-order valence-corrected chi connectivity index (χ4v) is 4.55. The summed E-state index contributed by atoms with van der Waals surface area (Å²) in [7, 11) is -3.55. The Labute approximate surface area is 131 Å². The van der Waals surface area contributed by atoms with Crippen LogP contribution in [0, 0.1) is 0 Å². The molecule has 1 atom stereocenters. The van der Waals surface area contributed by atoms with Gasteiger partial charge in [0.1, 0.15) is 9.90 Å². The van der Waals surface area contributed by atoms with Crippen LogP contribution in [-0.4, -0.2) is 37.9 Å². The van der Waals surface area contributed by atoms with Crippen molar-refractivity contribution in [1.82, 2.24) is 14.9 Å². The van der Waals surface area contributed by atoms with E-state index in [-0.39, 0.29) is 22.4 Å². The molecule has 3 rings (SSSR count). The number of sulfonamides is 1. The van der Waals surface area contributed by atoms with Crippen LogP contribution in [0.25, 0.3) is 10.6 Å². The second-order valence-corrected chi connectivity index (χ2v) is 7.99. The number of aromatic amines is 1. The maximum Gasteiger partial charge on any atom is 0.264 e. The third-order valence-electron chi connectivity index (χ3n) is 3.30. The average Bonchev–Trinajstić information content (AvgIpc) is 3.18. The van der Waals surface area contributed by atoms with Crippen LogP contribution >= 0.6 is 11.3 Å². The minimum atomic E-state index is -3.55. The number of rotatable bonds is 5. The molecule has 0 aliphatic carbocycles. The van der Waals surface area contributed by atoms with Crippen molar-refractivity contribution >= 4 is 21.4 Å². The Morgan fingerprint density at radius 3 is 2.91 bits per heavy atom. The quantitative estimate of drug-likeness (QED) is 0.843. The molecule has 7 nitrogen and oxygen atoms in total. The maximum atomic E-state index is 12.3. The molecule has 1 saturated heterocycles. The van der Waals surface area contributed by atoms with Crippen LogP contribution < -0.4 is 10.3 Å². The van der Waals surface area contributed by atoms with E-state index in [0.29, 0.717) is 17.2 Å². The molecular formula is C13H15N3O4S2. The van der Waals surface area contributed by atoms with Crippen LogP contribution in [0.15, 0.2) is 33.3 Å². The molecule has 1 aliphatic heterocycles. The zero-order valence-electron chi connectivity index (χ0n) is 11.6. The van der Waals surface area contributed by atoms with Gasteiger partial charge in [0.2, 0.25) is 10.0 Å². The number of ether oxygens (including phenoxy) is 1. The molecule has 2 aromatic rings. The number of H-pyrrole nitrogens is 1. The van der Waals surface area contributed by atoms with Gasteiger partial charge in [-0.15, -0.1) is 11.3 Å². The highest BCUT2D eigenvalue weighted by Crippen LogP contribution is 2.28. The van der Waals surface area contributed by atoms with E-state index < -0.39 is 10.0 Å². The number of nitrogens with zero attached hydrogens (tertiary/aromatic N) is 1. The molecule has 0 amide bonds. The first-order chi connectivity index (χ1) is 10.5. The summed E-state index contributed by atoms with van der Waals surface area (Å²) in [5.41, 5.74) is 0.233. The molecule has 2 N–H and O–H groups in total. The first-order valence-corrected chi connectivity index (χ1v) is 9.12. The first kappa shape index (κ1) is 15.3. The van der Waals surface area contributed by atoms with Crippen molar-refractivity contribution in [2.45, 2.75) is 23.2 Å². The summed E-state index contributed by atoms with van der Waals surface area (Å²) < 4.78 is 32.7. The first-order valence-electron chi connectivity index (χ1n) is 6.82. The summed E-state index contributed by atoms with van der Waals surface area (Å²) in [6.45, 7) is 0.972. The van der Waals surface area contributed by atoms with Gasteiger partial charge in [-0.2, -0.15) is 5.10 Å². The SMILES string of the molecule is O=c1ccc(-c2ccc(S(=O)(=O)NC[C@@H]3CCCO3)s2)n[nH]1. The fraction of sp³-hybridized carbons (Fsp3) is 0.385. The van der Waals surface area contributed by atoms with Gasteiger partial charge in [-0.25, -0.2) is 18.2 Å². The minimum Gasteiger partial charge on any atom is -0.377 e. The van der Waals surface area contributed by atoms with Crippen molar-refractivity contribution in [3.8, 4) is 10.6 Å². The molecule has 118 valence electrons. The van der Waals surface area contributed by atoms with E-state index in [2.05, 4.69) is 14.9 Å². The van der Waals surface area contributed by atoms with Crippen LogP contribution in [0.5, 0.6) is 0 Å². The lowest BCUT2D eigenvalue weighted by Gasteiger charge is -2.10. The van der Waals surface area contributed by atoms with Crippen molar-refractivity contribution in [2.75, 3.05) is 13.2 Å². The summed E-state index contributed by atoms with van der Waals surface area (Å²) in [6, 6.07) is 6.11. The lowest BCUT2D eigenvalue weighted by molar-refractivity contribution is 0.114. The molecule has 0 spiro atoms. The molecular weight excluding hydrogens is 326 g/mol. The fourth-order valence-electron chi connectivity index (χ4n) is 2.16. The lowest BCUT2D eigenvalue weighted by atomic mass is 10.2. The smallest absolute Gasteiger partial charge is 0.264 e. The Kier molecular flexibility index (Phi) is 4.39. The Bertz CT molecular complexity index is 786. The van der Waals surface area contributed by atoms with Crippen molar-refractivity contribution in [3.05, 3.63) is 34.6 Å². The van der Waals surface area contributed by atoms with Crippen molar-refractivity contribution in [3.63, 3.8) is 0 Å². The monoisotopic (exact) mass is 341 g/mol. The van der Waals surface area contributed by atoms with Crippen LogP contribution in [0.2, 0.25) is 0 Å². The zero-order valence-corrected chi connectivity index (χ0v) is 13.2. The maximum absolute atomic E-state index is 12.3. The van der Waals surface area contributed by atoms with Gasteiger partial charge in [0.05, 0.1) is 11.0 Å². The van der Waals surface area contributed by atoms with Crippen LogP contribution in [-0.2, 0) is 14.8 Å². The molecule has 0 saturated carbocycles. The van der Waals surface area contributed by atoms with Gasteiger partial charge in [-0.1, -0.05) is 0 Å². The van der Waals surface area contributed by atoms with E-state index in [9.17, 15) is 13.2 Å². The Hall–Kier alpha value is -1.55. The molecule has 1 aliphatic rings. The number of hydrogen-bond acceptors (Lipinski definition) is 6. The third-order valence-corrected chi connectivity index (χ3v) is 6.33. The van der Waals surface area contributed by atoms with E-state index in [0.717, 1.165) is 24.2 Å². The minimum absolute atomic E-state index is 0.0462. The van der Waals surface area contributed by atoms with E-state index >= 15 is 0 Å².